The highest BCUT2D eigenvalue weighted by molar-refractivity contribution is 7.86. The smallest absolute Gasteiger partial charge is 0.485 e. The summed E-state index contributed by atoms with van der Waals surface area (Å²) in [4.78, 5) is 11.6. The molecule has 0 aromatic heterocycles. The second kappa shape index (κ2) is 9.70. The van der Waals surface area contributed by atoms with Crippen LogP contribution in [0.1, 0.15) is 27.0 Å². The SMILES string of the molecule is COC(=O)c1cccc([I+]c2c(C)cc(C)cc2C)c1.O=S(=O)([O-])C(F)(F)F. The molecule has 0 saturated carbocycles. The minimum Gasteiger partial charge on any atom is -0.741 e. The molecule has 10 heteroatoms. The van der Waals surface area contributed by atoms with Crippen LogP contribution in [0.5, 0.6) is 0 Å². The fourth-order valence-electron chi connectivity index (χ4n) is 2.21. The van der Waals surface area contributed by atoms with E-state index in [1.807, 2.05) is 12.1 Å². The van der Waals surface area contributed by atoms with Crippen molar-refractivity contribution in [1.82, 2.24) is 0 Å². The van der Waals surface area contributed by atoms with E-state index in [9.17, 15) is 18.0 Å². The molecule has 0 saturated heterocycles. The normalized spacial score (nSPS) is 11.4. The van der Waals surface area contributed by atoms with Crippen LogP contribution < -0.4 is 21.2 Å². The second-order valence-electron chi connectivity index (χ2n) is 5.71. The number of methoxy groups -OCH3 is 1. The van der Waals surface area contributed by atoms with E-state index in [1.54, 1.807) is 6.07 Å². The monoisotopic (exact) mass is 530 g/mol. The van der Waals surface area contributed by atoms with Gasteiger partial charge in [0, 0.05) is 17.2 Å². The predicted molar refractivity (Wildman–Crippen MR) is 91.6 cm³/mol. The van der Waals surface area contributed by atoms with Crippen LogP contribution in [0.3, 0.4) is 0 Å². The van der Waals surface area contributed by atoms with Gasteiger partial charge in [-0.3, -0.25) is 0 Å². The van der Waals surface area contributed by atoms with Gasteiger partial charge in [-0.05, 0) is 32.9 Å². The van der Waals surface area contributed by atoms with E-state index in [1.165, 1.54) is 30.9 Å². The molecular formula is C18H18F3IO5S. The number of halogens is 4. The fraction of sp³-hybridized carbons (Fsp3) is 0.278. The van der Waals surface area contributed by atoms with E-state index in [2.05, 4.69) is 39.0 Å². The minimum absolute atomic E-state index is 0.270. The Hall–Kier alpha value is -1.66. The summed E-state index contributed by atoms with van der Waals surface area (Å²) >= 11 is -0.283. The van der Waals surface area contributed by atoms with Crippen LogP contribution in [-0.4, -0.2) is 31.6 Å². The molecule has 0 aliphatic carbocycles. The van der Waals surface area contributed by atoms with Crippen LogP contribution in [0.2, 0.25) is 0 Å². The van der Waals surface area contributed by atoms with Crippen molar-refractivity contribution in [2.75, 3.05) is 7.11 Å². The molecular weight excluding hydrogens is 512 g/mol. The maximum absolute atomic E-state index is 11.6. The van der Waals surface area contributed by atoms with Gasteiger partial charge in [0.25, 0.3) is 0 Å². The third-order valence-corrected chi connectivity index (χ3v) is 7.42. The lowest BCUT2D eigenvalue weighted by Crippen LogP contribution is -3.62. The number of esters is 1. The van der Waals surface area contributed by atoms with Gasteiger partial charge in [-0.1, -0.05) is 23.8 Å². The maximum Gasteiger partial charge on any atom is 0.485 e. The molecule has 0 unspecified atom stereocenters. The van der Waals surface area contributed by atoms with Crippen molar-refractivity contribution in [3.05, 3.63) is 65.8 Å². The molecule has 0 aliphatic heterocycles. The van der Waals surface area contributed by atoms with E-state index in [4.69, 9.17) is 17.7 Å². The summed E-state index contributed by atoms with van der Waals surface area (Å²) in [5, 5.41) is 0. The summed E-state index contributed by atoms with van der Waals surface area (Å²) in [7, 11) is -4.68. The van der Waals surface area contributed by atoms with E-state index >= 15 is 0 Å². The number of carbonyl (C=O) groups is 1. The summed E-state index contributed by atoms with van der Waals surface area (Å²) in [6.07, 6.45) is 0. The highest BCUT2D eigenvalue weighted by Gasteiger charge is 2.36. The number of hydrogen-bond donors (Lipinski definition) is 0. The third kappa shape index (κ3) is 7.06. The zero-order valence-corrected chi connectivity index (χ0v) is 18.4. The van der Waals surface area contributed by atoms with Crippen LogP contribution in [0, 0.1) is 27.9 Å². The Morgan fingerprint density at radius 1 is 1.07 bits per heavy atom. The summed E-state index contributed by atoms with van der Waals surface area (Å²) in [5.41, 5.74) is -1.02. The van der Waals surface area contributed by atoms with Crippen LogP contribution in [0.25, 0.3) is 0 Å². The molecule has 2 aromatic carbocycles. The summed E-state index contributed by atoms with van der Waals surface area (Å²) < 4.78 is 66.4. The van der Waals surface area contributed by atoms with Crippen molar-refractivity contribution >= 4 is 16.1 Å². The first-order valence-electron chi connectivity index (χ1n) is 7.69. The Balaban J connectivity index is 0.000000416. The van der Waals surface area contributed by atoms with Gasteiger partial charge in [0.1, 0.15) is 0 Å². The number of alkyl halides is 3. The zero-order chi connectivity index (χ0) is 21.7. The largest absolute Gasteiger partial charge is 0.741 e. The Morgan fingerprint density at radius 3 is 2.00 bits per heavy atom. The van der Waals surface area contributed by atoms with Crippen LogP contribution in [0.4, 0.5) is 13.2 Å². The molecule has 0 bridgehead atoms. The van der Waals surface area contributed by atoms with Gasteiger partial charge in [0.2, 0.25) is 0 Å². The molecule has 154 valence electrons. The van der Waals surface area contributed by atoms with Gasteiger partial charge in [-0.25, -0.2) is 13.2 Å². The van der Waals surface area contributed by atoms with Crippen molar-refractivity contribution in [1.29, 1.82) is 0 Å². The molecule has 0 aliphatic rings. The van der Waals surface area contributed by atoms with Gasteiger partial charge in [0.15, 0.2) is 17.3 Å². The van der Waals surface area contributed by atoms with Gasteiger partial charge in [-0.2, -0.15) is 13.2 Å². The van der Waals surface area contributed by atoms with Gasteiger partial charge >= 0.3 is 32.7 Å². The molecule has 0 N–H and O–H groups in total. The average molecular weight is 530 g/mol. The number of rotatable bonds is 3. The van der Waals surface area contributed by atoms with Crippen LogP contribution in [-0.2, 0) is 14.9 Å². The number of benzene rings is 2. The zero-order valence-electron chi connectivity index (χ0n) is 15.4. The summed E-state index contributed by atoms with van der Waals surface area (Å²) in [6, 6.07) is 12.2. The number of carbonyl (C=O) groups excluding carboxylic acids is 1. The molecule has 0 fully saturated rings. The molecule has 5 nitrogen and oxygen atoms in total. The summed E-state index contributed by atoms with van der Waals surface area (Å²) in [6.45, 7) is 6.46. The van der Waals surface area contributed by atoms with Crippen molar-refractivity contribution in [2.45, 2.75) is 26.3 Å². The van der Waals surface area contributed by atoms with Crippen LogP contribution in [0.15, 0.2) is 36.4 Å². The van der Waals surface area contributed by atoms with E-state index in [-0.39, 0.29) is 27.2 Å². The standard InChI is InChI=1S/C17H18IO2.CHF3O3S/c1-11-8-12(2)16(13(3)9-11)18-15-7-5-6-14(10-15)17(19)20-4;2-1(3,4)8(5,6)7/h5-10H,1-4H3;(H,5,6,7)/q+1;/p-1. The average Bonchev–Trinajstić information content (AvgIpc) is 2.56. The fourth-order valence-corrected chi connectivity index (χ4v) is 4.88. The third-order valence-electron chi connectivity index (χ3n) is 3.31. The second-order valence-corrected chi connectivity index (χ2v) is 9.94. The lowest BCUT2D eigenvalue weighted by Gasteiger charge is -2.08. The molecule has 0 radical (unpaired) electrons. The van der Waals surface area contributed by atoms with Crippen molar-refractivity contribution < 1.29 is 56.9 Å². The van der Waals surface area contributed by atoms with E-state index in [0.29, 0.717) is 5.56 Å². The Labute approximate surface area is 171 Å². The van der Waals surface area contributed by atoms with Gasteiger partial charge in [0.05, 0.1) is 12.7 Å². The molecule has 2 aromatic rings. The van der Waals surface area contributed by atoms with Gasteiger partial charge in [-0.15, -0.1) is 0 Å². The predicted octanol–water partition coefficient (Wildman–Crippen LogP) is 0.578. The van der Waals surface area contributed by atoms with Crippen molar-refractivity contribution in [3.8, 4) is 0 Å². The molecule has 0 spiro atoms. The van der Waals surface area contributed by atoms with Gasteiger partial charge < -0.3 is 9.29 Å². The Kier molecular flexibility index (Phi) is 8.45. The first-order chi connectivity index (χ1) is 12.8. The number of aryl methyl sites for hydroxylation is 3. The quantitative estimate of drug-likeness (QED) is 0.251. The van der Waals surface area contributed by atoms with Crippen LogP contribution >= 0.6 is 0 Å². The molecule has 0 heterocycles. The lowest BCUT2D eigenvalue weighted by atomic mass is 10.1. The molecule has 0 atom stereocenters. The first kappa shape index (κ1) is 24.4. The Morgan fingerprint density at radius 2 is 1.57 bits per heavy atom. The highest BCUT2D eigenvalue weighted by atomic mass is 127. The van der Waals surface area contributed by atoms with Crippen molar-refractivity contribution in [2.24, 2.45) is 0 Å². The number of ether oxygens (including phenoxy) is 1. The molecule has 2 rings (SSSR count). The highest BCUT2D eigenvalue weighted by Crippen LogP contribution is 2.20. The van der Waals surface area contributed by atoms with E-state index in [0.717, 1.165) is 0 Å². The summed E-state index contributed by atoms with van der Waals surface area (Å²) in [5.74, 6) is -0.270. The van der Waals surface area contributed by atoms with Crippen molar-refractivity contribution in [3.63, 3.8) is 0 Å². The molecule has 0 amide bonds. The topological polar surface area (TPSA) is 83.5 Å². The Bertz CT molecular complexity index is 933. The molecule has 28 heavy (non-hydrogen) atoms. The lowest BCUT2D eigenvalue weighted by molar-refractivity contribution is -0.598. The van der Waals surface area contributed by atoms with E-state index < -0.39 is 15.6 Å². The first-order valence-corrected chi connectivity index (χ1v) is 11.3. The minimum atomic E-state index is -6.09. The maximum atomic E-state index is 11.6. The number of hydrogen-bond acceptors (Lipinski definition) is 5.